The van der Waals surface area contributed by atoms with Gasteiger partial charge in [0.2, 0.25) is 5.91 Å². The van der Waals surface area contributed by atoms with Crippen LogP contribution in [0.15, 0.2) is 16.5 Å². The molecule has 0 unspecified atom stereocenters. The molecule has 17 heavy (non-hydrogen) atoms. The van der Waals surface area contributed by atoms with E-state index in [9.17, 15) is 9.59 Å². The summed E-state index contributed by atoms with van der Waals surface area (Å²) in [7, 11) is 1.53. The molecule has 94 valence electrons. The Balaban J connectivity index is 2.75. The minimum atomic E-state index is -0.309. The largest absolute Gasteiger partial charge is 0.455 e. The Morgan fingerprint density at radius 2 is 2.18 bits per heavy atom. The van der Waals surface area contributed by atoms with Crippen molar-refractivity contribution in [2.24, 2.45) is 5.73 Å². The molecule has 0 aliphatic heterocycles. The molecule has 0 aromatic carbocycles. The van der Waals surface area contributed by atoms with Crippen LogP contribution >= 0.6 is 0 Å². The van der Waals surface area contributed by atoms with Crippen molar-refractivity contribution in [3.05, 3.63) is 23.7 Å². The molecule has 1 rings (SSSR count). The normalized spacial score (nSPS) is 10.1. The van der Waals surface area contributed by atoms with E-state index >= 15 is 0 Å². The highest BCUT2D eigenvalue weighted by molar-refractivity contribution is 5.94. The molecule has 0 radical (unpaired) electrons. The lowest BCUT2D eigenvalue weighted by Gasteiger charge is -2.18. The van der Waals surface area contributed by atoms with Gasteiger partial charge in [-0.05, 0) is 19.1 Å². The summed E-state index contributed by atoms with van der Waals surface area (Å²) in [5.74, 6) is 0.224. The van der Waals surface area contributed by atoms with E-state index in [4.69, 9.17) is 10.2 Å². The van der Waals surface area contributed by atoms with Gasteiger partial charge >= 0.3 is 0 Å². The third-order valence-electron chi connectivity index (χ3n) is 2.36. The molecule has 2 amide bonds. The van der Waals surface area contributed by atoms with Gasteiger partial charge in [-0.2, -0.15) is 0 Å². The monoisotopic (exact) mass is 239 g/mol. The summed E-state index contributed by atoms with van der Waals surface area (Å²) >= 11 is 0. The van der Waals surface area contributed by atoms with Crippen LogP contribution < -0.4 is 11.1 Å². The Bertz CT molecular complexity index is 400. The van der Waals surface area contributed by atoms with Crippen LogP contribution in [0.2, 0.25) is 0 Å². The molecule has 1 aromatic rings. The molecule has 0 fully saturated rings. The Morgan fingerprint density at radius 1 is 1.47 bits per heavy atom. The zero-order chi connectivity index (χ0) is 12.8. The van der Waals surface area contributed by atoms with Crippen molar-refractivity contribution in [2.75, 3.05) is 20.1 Å². The number of hydrogen-bond acceptors (Lipinski definition) is 4. The van der Waals surface area contributed by atoms with Crippen molar-refractivity contribution >= 4 is 11.8 Å². The van der Waals surface area contributed by atoms with E-state index in [0.717, 1.165) is 0 Å². The summed E-state index contributed by atoms with van der Waals surface area (Å²) in [4.78, 5) is 24.6. The molecule has 0 aliphatic carbocycles. The maximum absolute atomic E-state index is 12.0. The minimum absolute atomic E-state index is 0.0183. The molecule has 0 atom stereocenters. The van der Waals surface area contributed by atoms with E-state index in [-0.39, 0.29) is 30.7 Å². The molecule has 0 spiro atoms. The highest BCUT2D eigenvalue weighted by Gasteiger charge is 2.19. The second kappa shape index (κ2) is 6.05. The number of hydrogen-bond donors (Lipinski definition) is 2. The first kappa shape index (κ1) is 13.2. The van der Waals surface area contributed by atoms with E-state index in [1.54, 1.807) is 19.1 Å². The van der Waals surface area contributed by atoms with E-state index in [2.05, 4.69) is 5.32 Å². The Hall–Kier alpha value is -1.82. The number of nitrogens with two attached hydrogens (primary N) is 1. The van der Waals surface area contributed by atoms with Crippen LogP contribution in [0, 0.1) is 0 Å². The maximum Gasteiger partial charge on any atom is 0.290 e. The summed E-state index contributed by atoms with van der Waals surface area (Å²) in [5, 5.41) is 2.47. The molecule has 6 nitrogen and oxygen atoms in total. The summed E-state index contributed by atoms with van der Waals surface area (Å²) in [6.07, 6.45) is 0. The topological polar surface area (TPSA) is 88.6 Å². The molecule has 0 bridgehead atoms. The minimum Gasteiger partial charge on any atom is -0.455 e. The highest BCUT2D eigenvalue weighted by Crippen LogP contribution is 2.10. The molecule has 0 aliphatic rings. The van der Waals surface area contributed by atoms with E-state index in [0.29, 0.717) is 12.3 Å². The summed E-state index contributed by atoms with van der Waals surface area (Å²) in [5.41, 5.74) is 5.39. The van der Waals surface area contributed by atoms with Crippen molar-refractivity contribution in [3.63, 3.8) is 0 Å². The fourth-order valence-electron chi connectivity index (χ4n) is 1.34. The number of nitrogens with zero attached hydrogens (tertiary/aromatic N) is 1. The van der Waals surface area contributed by atoms with Crippen LogP contribution in [-0.4, -0.2) is 36.9 Å². The van der Waals surface area contributed by atoms with Crippen LogP contribution in [-0.2, 0) is 11.3 Å². The lowest BCUT2D eigenvalue weighted by Crippen LogP contribution is -2.39. The molecule has 3 N–H and O–H groups in total. The Morgan fingerprint density at radius 3 is 2.65 bits per heavy atom. The van der Waals surface area contributed by atoms with Crippen LogP contribution in [0.1, 0.15) is 23.2 Å². The quantitative estimate of drug-likeness (QED) is 0.753. The van der Waals surface area contributed by atoms with E-state index in [1.165, 1.54) is 11.9 Å². The lowest BCUT2D eigenvalue weighted by molar-refractivity contribution is -0.121. The first-order chi connectivity index (χ1) is 8.12. The molecule has 6 heteroatoms. The molecule has 0 saturated heterocycles. The standard InChI is InChI=1S/C11H17N3O3/c1-3-14(7-10(15)13-2)11(16)9-5-4-8(6-12)17-9/h4-5H,3,6-7,12H2,1-2H3,(H,13,15). The van der Waals surface area contributed by atoms with Gasteiger partial charge in [0.1, 0.15) is 5.76 Å². The van der Waals surface area contributed by atoms with Crippen molar-refractivity contribution < 1.29 is 14.0 Å². The van der Waals surface area contributed by atoms with Crippen molar-refractivity contribution in [2.45, 2.75) is 13.5 Å². The van der Waals surface area contributed by atoms with Crippen LogP contribution in [0.25, 0.3) is 0 Å². The average Bonchev–Trinajstić information content (AvgIpc) is 2.83. The van der Waals surface area contributed by atoms with E-state index < -0.39 is 0 Å². The van der Waals surface area contributed by atoms with Gasteiger partial charge in [-0.1, -0.05) is 0 Å². The Kier molecular flexibility index (Phi) is 4.71. The summed E-state index contributed by atoms with van der Waals surface area (Å²) in [6, 6.07) is 3.22. The van der Waals surface area contributed by atoms with Gasteiger partial charge in [0, 0.05) is 13.6 Å². The number of nitrogens with one attached hydrogen (secondary N) is 1. The van der Waals surface area contributed by atoms with Crippen LogP contribution in [0.5, 0.6) is 0 Å². The van der Waals surface area contributed by atoms with Gasteiger partial charge in [-0.25, -0.2) is 0 Å². The van der Waals surface area contributed by atoms with Crippen molar-refractivity contribution in [1.82, 2.24) is 10.2 Å². The van der Waals surface area contributed by atoms with Gasteiger partial charge in [-0.3, -0.25) is 9.59 Å². The number of amides is 2. The predicted molar refractivity (Wildman–Crippen MR) is 62.2 cm³/mol. The summed E-state index contributed by atoms with van der Waals surface area (Å²) in [6.45, 7) is 2.50. The molecule has 1 heterocycles. The average molecular weight is 239 g/mol. The second-order valence-electron chi connectivity index (χ2n) is 3.46. The van der Waals surface area contributed by atoms with Crippen molar-refractivity contribution in [1.29, 1.82) is 0 Å². The number of likely N-dealkylation sites (N-methyl/N-ethyl adjacent to an activating group) is 2. The zero-order valence-electron chi connectivity index (χ0n) is 10.0. The third kappa shape index (κ3) is 3.32. The fourth-order valence-corrected chi connectivity index (χ4v) is 1.34. The van der Waals surface area contributed by atoms with E-state index in [1.807, 2.05) is 0 Å². The van der Waals surface area contributed by atoms with Gasteiger partial charge < -0.3 is 20.4 Å². The smallest absolute Gasteiger partial charge is 0.290 e. The fraction of sp³-hybridized carbons (Fsp3) is 0.455. The van der Waals surface area contributed by atoms with Crippen LogP contribution in [0.3, 0.4) is 0 Å². The number of furan rings is 1. The van der Waals surface area contributed by atoms with Gasteiger partial charge in [0.25, 0.3) is 5.91 Å². The zero-order valence-corrected chi connectivity index (χ0v) is 10.0. The maximum atomic E-state index is 12.0. The lowest BCUT2D eigenvalue weighted by atomic mass is 10.3. The first-order valence-electron chi connectivity index (χ1n) is 5.41. The first-order valence-corrected chi connectivity index (χ1v) is 5.41. The SMILES string of the molecule is CCN(CC(=O)NC)C(=O)c1ccc(CN)o1. The number of carbonyl (C=O) groups excluding carboxylic acids is 2. The predicted octanol–water partition coefficient (Wildman–Crippen LogP) is -0.0536. The van der Waals surface area contributed by atoms with Crippen LogP contribution in [0.4, 0.5) is 0 Å². The van der Waals surface area contributed by atoms with Gasteiger partial charge in [0.15, 0.2) is 5.76 Å². The third-order valence-corrected chi connectivity index (χ3v) is 2.36. The number of carbonyl (C=O) groups is 2. The molecule has 1 aromatic heterocycles. The second-order valence-corrected chi connectivity index (χ2v) is 3.46. The molecular weight excluding hydrogens is 222 g/mol. The van der Waals surface area contributed by atoms with Gasteiger partial charge in [0.05, 0.1) is 13.1 Å². The number of rotatable bonds is 5. The molecule has 0 saturated carbocycles. The highest BCUT2D eigenvalue weighted by atomic mass is 16.4. The Labute approximate surface area is 99.8 Å². The van der Waals surface area contributed by atoms with Gasteiger partial charge in [-0.15, -0.1) is 0 Å². The molecular formula is C11H17N3O3. The van der Waals surface area contributed by atoms with Crippen molar-refractivity contribution in [3.8, 4) is 0 Å². The summed E-state index contributed by atoms with van der Waals surface area (Å²) < 4.78 is 5.24.